The summed E-state index contributed by atoms with van der Waals surface area (Å²) >= 11 is 3.47. The van der Waals surface area contributed by atoms with Gasteiger partial charge in [-0.2, -0.15) is 23.5 Å². The number of likely N-dealkylation sites (tertiary alicyclic amines) is 1. The van der Waals surface area contributed by atoms with Gasteiger partial charge in [0.25, 0.3) is 0 Å². The van der Waals surface area contributed by atoms with Gasteiger partial charge in [-0.1, -0.05) is 0 Å². The second-order valence-corrected chi connectivity index (χ2v) is 11.8. The van der Waals surface area contributed by atoms with Gasteiger partial charge in [-0.05, 0) is 12.5 Å². The van der Waals surface area contributed by atoms with E-state index in [1.54, 1.807) is 37.7 Å². The molecule has 0 aliphatic carbocycles. The lowest BCUT2D eigenvalue weighted by molar-refractivity contribution is -0.0841. The van der Waals surface area contributed by atoms with Crippen LogP contribution >= 0.6 is 35.9 Å². The van der Waals surface area contributed by atoms with Crippen LogP contribution in [0, 0.1) is 0 Å². The van der Waals surface area contributed by atoms with Crippen molar-refractivity contribution in [1.82, 2.24) is 10.2 Å². The Morgan fingerprint density at radius 1 is 1.00 bits per heavy atom. The molecule has 2 saturated heterocycles. The third-order valence-electron chi connectivity index (χ3n) is 4.04. The van der Waals surface area contributed by atoms with E-state index >= 15 is 0 Å². The van der Waals surface area contributed by atoms with Crippen LogP contribution in [0.25, 0.3) is 0 Å². The highest BCUT2D eigenvalue weighted by Crippen LogP contribution is 2.13. The highest BCUT2D eigenvalue weighted by Gasteiger charge is 2.34. The first kappa shape index (κ1) is 31.8. The van der Waals surface area contributed by atoms with Gasteiger partial charge in [-0.15, -0.1) is 12.4 Å². The van der Waals surface area contributed by atoms with Crippen LogP contribution in [-0.4, -0.2) is 109 Å². The van der Waals surface area contributed by atoms with Crippen molar-refractivity contribution < 1.29 is 26.3 Å². The molecule has 2 aliphatic heterocycles. The van der Waals surface area contributed by atoms with Crippen LogP contribution in [0.3, 0.4) is 0 Å². The molecule has 178 valence electrons. The van der Waals surface area contributed by atoms with Gasteiger partial charge in [0.15, 0.2) is 6.29 Å². The van der Waals surface area contributed by atoms with E-state index in [-0.39, 0.29) is 29.2 Å². The fourth-order valence-corrected chi connectivity index (χ4v) is 4.52. The van der Waals surface area contributed by atoms with E-state index in [1.807, 2.05) is 12.5 Å². The molecule has 0 saturated carbocycles. The van der Waals surface area contributed by atoms with Crippen LogP contribution in [0.15, 0.2) is 0 Å². The molecular formula is C14H35ClN4O6S4. The third-order valence-corrected chi connectivity index (χ3v) is 7.72. The molecule has 2 aliphatic rings. The maximum absolute atomic E-state index is 10.8. The predicted molar refractivity (Wildman–Crippen MR) is 125 cm³/mol. The predicted octanol–water partition coefficient (Wildman–Crippen LogP) is -1.04. The summed E-state index contributed by atoms with van der Waals surface area (Å²) in [7, 11) is -3.21. The van der Waals surface area contributed by atoms with Crippen molar-refractivity contribution in [3.8, 4) is 0 Å². The number of hydrogen-bond acceptors (Lipinski definition) is 10. The molecule has 0 radical (unpaired) electrons. The standard InChI is InChI=1S/C6H14N2O2S2.C5H12O2S.C3H8N2O2S.ClH/c1-11-3-2-8-4-6(5-8)12(7,9)10;1-6-5(7-2)4-8-3;4-8(6,7)3-1-5-2-3;/h6H,2-5H2,1H3,(H2,7,9,10);5H,4H2,1-3H3;3,5H,1-2H2,(H2,4,6,7);1H. The number of rotatable bonds is 9. The second kappa shape index (κ2) is 16.3. The van der Waals surface area contributed by atoms with Crippen LogP contribution < -0.4 is 15.6 Å². The summed E-state index contributed by atoms with van der Waals surface area (Å²) in [4.78, 5) is 2.10. The molecule has 0 aromatic carbocycles. The van der Waals surface area contributed by atoms with Crippen molar-refractivity contribution in [1.29, 1.82) is 0 Å². The molecule has 0 aromatic heterocycles. The summed E-state index contributed by atoms with van der Waals surface area (Å²) in [5.41, 5.74) is 0. The Morgan fingerprint density at radius 2 is 1.48 bits per heavy atom. The maximum Gasteiger partial charge on any atom is 0.214 e. The van der Waals surface area contributed by atoms with Gasteiger partial charge in [0.05, 0.1) is 5.25 Å². The highest BCUT2D eigenvalue weighted by molar-refractivity contribution is 7.98. The van der Waals surface area contributed by atoms with Crippen LogP contribution in [0.5, 0.6) is 0 Å². The monoisotopic (exact) mass is 518 g/mol. The fraction of sp³-hybridized carbons (Fsp3) is 1.00. The van der Waals surface area contributed by atoms with E-state index < -0.39 is 20.0 Å². The van der Waals surface area contributed by atoms with Gasteiger partial charge >= 0.3 is 0 Å². The van der Waals surface area contributed by atoms with Gasteiger partial charge in [0.2, 0.25) is 20.0 Å². The van der Waals surface area contributed by atoms with Crippen LogP contribution in [0.1, 0.15) is 0 Å². The molecule has 0 amide bonds. The Balaban J connectivity index is 0. The normalized spacial score (nSPS) is 17.8. The van der Waals surface area contributed by atoms with Crippen molar-refractivity contribution in [3.05, 3.63) is 0 Å². The Hall–Kier alpha value is 0.650. The lowest BCUT2D eigenvalue weighted by Crippen LogP contribution is -2.56. The summed E-state index contributed by atoms with van der Waals surface area (Å²) < 4.78 is 52.1. The van der Waals surface area contributed by atoms with E-state index in [2.05, 4.69) is 10.2 Å². The van der Waals surface area contributed by atoms with Gasteiger partial charge in [-0.3, -0.25) is 4.90 Å². The van der Waals surface area contributed by atoms with Gasteiger partial charge in [0, 0.05) is 58.4 Å². The topological polar surface area (TPSA) is 154 Å². The first-order chi connectivity index (χ1) is 13.0. The van der Waals surface area contributed by atoms with Crippen molar-refractivity contribution in [2.75, 3.05) is 71.0 Å². The SMILES string of the molecule is COC(CSC)OC.CSCCN1CC(S(N)(=O)=O)C1.Cl.NS(=O)(=O)C1CNC1. The number of halogens is 1. The lowest BCUT2D eigenvalue weighted by Gasteiger charge is -2.37. The molecule has 0 aromatic rings. The number of nitrogens with zero attached hydrogens (tertiary/aromatic N) is 1. The van der Waals surface area contributed by atoms with Gasteiger partial charge in [0.1, 0.15) is 5.25 Å². The van der Waals surface area contributed by atoms with Crippen molar-refractivity contribution in [3.63, 3.8) is 0 Å². The first-order valence-corrected chi connectivity index (χ1v) is 14.5. The molecule has 15 heteroatoms. The summed E-state index contributed by atoms with van der Waals surface area (Å²) in [5, 5.41) is 11.9. The number of hydrogen-bond donors (Lipinski definition) is 3. The number of primary sulfonamides is 2. The summed E-state index contributed by atoms with van der Waals surface area (Å²) in [6.45, 7) is 3.21. The molecule has 2 fully saturated rings. The Kier molecular flexibility index (Phi) is 17.9. The minimum Gasteiger partial charge on any atom is -0.355 e. The molecule has 0 spiro atoms. The summed E-state index contributed by atoms with van der Waals surface area (Å²) in [6, 6.07) is 0. The van der Waals surface area contributed by atoms with Crippen LogP contribution in [-0.2, 0) is 29.5 Å². The minimum absolute atomic E-state index is 0. The zero-order valence-corrected chi connectivity index (χ0v) is 21.4. The largest absolute Gasteiger partial charge is 0.355 e. The first-order valence-electron chi connectivity index (χ1n) is 8.49. The molecule has 0 unspecified atom stereocenters. The number of thioether (sulfide) groups is 2. The molecular weight excluding hydrogens is 484 g/mol. The van der Waals surface area contributed by atoms with Gasteiger partial charge in [-0.25, -0.2) is 27.1 Å². The lowest BCUT2D eigenvalue weighted by atomic mass is 10.2. The molecule has 10 nitrogen and oxygen atoms in total. The maximum atomic E-state index is 10.8. The van der Waals surface area contributed by atoms with E-state index in [9.17, 15) is 16.8 Å². The second-order valence-electron chi connectivity index (χ2n) is 6.19. The average Bonchev–Trinajstić information content (AvgIpc) is 2.48. The third kappa shape index (κ3) is 14.4. The summed E-state index contributed by atoms with van der Waals surface area (Å²) in [6.07, 6.45) is 4.02. The number of nitrogens with one attached hydrogen (secondary N) is 1. The van der Waals surface area contributed by atoms with Crippen molar-refractivity contribution in [2.24, 2.45) is 10.3 Å². The Morgan fingerprint density at radius 3 is 1.69 bits per heavy atom. The van der Waals surface area contributed by atoms with E-state index in [0.29, 0.717) is 26.2 Å². The molecule has 29 heavy (non-hydrogen) atoms. The zero-order valence-electron chi connectivity index (χ0n) is 17.3. The summed E-state index contributed by atoms with van der Waals surface area (Å²) in [5.74, 6) is 1.95. The molecule has 5 N–H and O–H groups in total. The van der Waals surface area contributed by atoms with Crippen LogP contribution in [0.2, 0.25) is 0 Å². The van der Waals surface area contributed by atoms with E-state index in [1.165, 1.54) is 0 Å². The molecule has 0 bridgehead atoms. The Labute approximate surface area is 190 Å². The van der Waals surface area contributed by atoms with Crippen LogP contribution in [0.4, 0.5) is 0 Å². The molecule has 2 rings (SSSR count). The van der Waals surface area contributed by atoms with Crippen molar-refractivity contribution in [2.45, 2.75) is 16.8 Å². The Bertz CT molecular complexity index is 612. The van der Waals surface area contributed by atoms with E-state index in [4.69, 9.17) is 19.8 Å². The number of nitrogens with two attached hydrogens (primary N) is 2. The van der Waals surface area contributed by atoms with Gasteiger partial charge < -0.3 is 14.8 Å². The zero-order chi connectivity index (χ0) is 21.8. The molecule has 0 atom stereocenters. The molecule has 2 heterocycles. The number of sulfonamides is 2. The van der Waals surface area contributed by atoms with Crippen molar-refractivity contribution >= 4 is 56.0 Å². The number of methoxy groups -OCH3 is 2. The number of ether oxygens (including phenoxy) is 2. The van der Waals surface area contributed by atoms with E-state index in [0.717, 1.165) is 18.1 Å². The smallest absolute Gasteiger partial charge is 0.214 e. The minimum atomic E-state index is -3.27. The fourth-order valence-electron chi connectivity index (χ4n) is 2.00. The quantitative estimate of drug-likeness (QED) is 0.322. The average molecular weight is 519 g/mol. The highest BCUT2D eigenvalue weighted by atomic mass is 35.5.